The second-order valence-electron chi connectivity index (χ2n) is 8.24. The number of likely N-dealkylation sites (N-methyl/N-ethyl adjacent to an activating group) is 1. The van der Waals surface area contributed by atoms with Crippen molar-refractivity contribution in [1.29, 1.82) is 0 Å². The predicted octanol–water partition coefficient (Wildman–Crippen LogP) is 4.38. The molecule has 1 heterocycles. The fourth-order valence-corrected chi connectivity index (χ4v) is 4.56. The monoisotopic (exact) mass is 495 g/mol. The Morgan fingerprint density at radius 3 is 2.48 bits per heavy atom. The molecule has 2 aromatic rings. The molecule has 3 rings (SSSR count). The third-order valence-corrected chi connectivity index (χ3v) is 6.15. The predicted molar refractivity (Wildman–Crippen MR) is 136 cm³/mol. The first kappa shape index (κ1) is 26.2. The summed E-state index contributed by atoms with van der Waals surface area (Å²) in [4.78, 5) is 2.30. The van der Waals surface area contributed by atoms with E-state index in [0.29, 0.717) is 51.2 Å². The molecule has 1 aliphatic rings. The van der Waals surface area contributed by atoms with Gasteiger partial charge in [0.05, 0.1) is 33.0 Å². The first-order valence-corrected chi connectivity index (χ1v) is 12.3. The van der Waals surface area contributed by atoms with Crippen LogP contribution in [0.15, 0.2) is 36.4 Å². The molecular weight excluding hydrogens is 461 g/mol. The van der Waals surface area contributed by atoms with Crippen LogP contribution in [-0.4, -0.2) is 71.2 Å². The quantitative estimate of drug-likeness (QED) is 0.379. The number of nitrogens with zero attached hydrogens (tertiary/aromatic N) is 1. The fourth-order valence-electron chi connectivity index (χ4n) is 3.99. The summed E-state index contributed by atoms with van der Waals surface area (Å²) in [6.07, 6.45) is 0.882. The van der Waals surface area contributed by atoms with E-state index in [1.807, 2.05) is 6.07 Å². The van der Waals surface area contributed by atoms with Gasteiger partial charge in [0.25, 0.3) is 0 Å². The van der Waals surface area contributed by atoms with Crippen molar-refractivity contribution in [1.82, 2.24) is 4.90 Å². The largest absolute Gasteiger partial charge is 0.383 e. The molecule has 2 aromatic carbocycles. The van der Waals surface area contributed by atoms with Gasteiger partial charge in [-0.2, -0.15) is 0 Å². The van der Waals surface area contributed by atoms with Crippen LogP contribution in [0.1, 0.15) is 29.0 Å². The van der Waals surface area contributed by atoms with Crippen LogP contribution in [0, 0.1) is 0 Å². The lowest BCUT2D eigenvalue weighted by Crippen LogP contribution is -2.31. The Bertz CT molecular complexity index is 869. The number of rotatable bonds is 14. The topological polar surface area (TPSA) is 69.0 Å². The van der Waals surface area contributed by atoms with Crippen molar-refractivity contribution in [2.24, 2.45) is 5.73 Å². The maximum Gasteiger partial charge on any atom is 0.0701 e. The molecule has 0 amide bonds. The van der Waals surface area contributed by atoms with Crippen LogP contribution in [0.3, 0.4) is 0 Å². The molecule has 1 atom stereocenters. The van der Waals surface area contributed by atoms with Gasteiger partial charge in [0.15, 0.2) is 0 Å². The number of ether oxygens (including phenoxy) is 3. The Hall–Kier alpha value is -1.38. The van der Waals surface area contributed by atoms with Crippen molar-refractivity contribution in [3.63, 3.8) is 0 Å². The first-order valence-electron chi connectivity index (χ1n) is 11.5. The lowest BCUT2D eigenvalue weighted by molar-refractivity contribution is 0.0162. The summed E-state index contributed by atoms with van der Waals surface area (Å²) < 4.78 is 16.5. The summed E-state index contributed by atoms with van der Waals surface area (Å²) >= 11 is 12.8. The Morgan fingerprint density at radius 1 is 1.00 bits per heavy atom. The fraction of sp³-hybridized carbons (Fsp3) is 0.520. The van der Waals surface area contributed by atoms with E-state index < -0.39 is 0 Å². The van der Waals surface area contributed by atoms with Gasteiger partial charge in [-0.1, -0.05) is 35.3 Å². The van der Waals surface area contributed by atoms with Crippen molar-refractivity contribution >= 4 is 28.9 Å². The molecule has 1 aliphatic heterocycles. The second-order valence-corrected chi connectivity index (χ2v) is 9.08. The zero-order valence-electron chi connectivity index (χ0n) is 19.3. The molecule has 0 spiro atoms. The molecule has 0 saturated carbocycles. The van der Waals surface area contributed by atoms with Crippen molar-refractivity contribution in [2.75, 3.05) is 71.6 Å². The van der Waals surface area contributed by atoms with E-state index in [1.165, 1.54) is 11.1 Å². The highest BCUT2D eigenvalue weighted by molar-refractivity contribution is 6.35. The van der Waals surface area contributed by atoms with Crippen LogP contribution < -0.4 is 11.1 Å². The molecule has 0 saturated heterocycles. The highest BCUT2D eigenvalue weighted by Crippen LogP contribution is 2.38. The maximum atomic E-state index is 6.50. The van der Waals surface area contributed by atoms with Crippen LogP contribution in [0.25, 0.3) is 0 Å². The number of halogens is 2. The Balaban J connectivity index is 1.42. The third-order valence-electron chi connectivity index (χ3n) is 5.59. The molecule has 3 N–H and O–H groups in total. The van der Waals surface area contributed by atoms with Crippen LogP contribution >= 0.6 is 23.2 Å². The average Bonchev–Trinajstić information content (AvgIpc) is 2.80. The minimum atomic E-state index is 0.226. The highest BCUT2D eigenvalue weighted by Gasteiger charge is 2.27. The lowest BCUT2D eigenvalue weighted by Gasteiger charge is -2.33. The van der Waals surface area contributed by atoms with Crippen LogP contribution in [0.2, 0.25) is 10.0 Å². The van der Waals surface area contributed by atoms with E-state index in [2.05, 4.69) is 47.6 Å². The molecule has 1 unspecified atom stereocenters. The number of nitrogens with two attached hydrogens (primary N) is 1. The molecule has 6 nitrogen and oxygen atoms in total. The summed E-state index contributed by atoms with van der Waals surface area (Å²) in [6.45, 7) is 6.75. The Labute approximate surface area is 207 Å². The molecule has 0 radical (unpaired) electrons. The number of hydrogen-bond acceptors (Lipinski definition) is 6. The minimum absolute atomic E-state index is 0.226. The van der Waals surface area contributed by atoms with Crippen molar-refractivity contribution < 1.29 is 14.2 Å². The van der Waals surface area contributed by atoms with Crippen molar-refractivity contribution in [2.45, 2.75) is 18.9 Å². The molecule has 182 valence electrons. The van der Waals surface area contributed by atoms with Gasteiger partial charge in [-0.3, -0.25) is 0 Å². The Morgan fingerprint density at radius 2 is 1.73 bits per heavy atom. The van der Waals surface area contributed by atoms with Gasteiger partial charge in [-0.25, -0.2) is 0 Å². The zero-order valence-corrected chi connectivity index (χ0v) is 20.8. The number of benzene rings is 2. The molecule has 8 heteroatoms. The van der Waals surface area contributed by atoms with Crippen molar-refractivity contribution in [3.05, 3.63) is 63.1 Å². The van der Waals surface area contributed by atoms with E-state index in [9.17, 15) is 0 Å². The van der Waals surface area contributed by atoms with Crippen LogP contribution in [-0.2, 0) is 20.8 Å². The summed E-state index contributed by atoms with van der Waals surface area (Å²) in [5, 5.41) is 4.87. The Kier molecular flexibility index (Phi) is 11.2. The van der Waals surface area contributed by atoms with Gasteiger partial charge >= 0.3 is 0 Å². The smallest absolute Gasteiger partial charge is 0.0701 e. The standard InChI is InChI=1S/C25H35Cl2N3O3/c1-30-17-23(22-15-20(26)16-25(27)24(22)18-30)19-4-2-5-21(14-19)29-7-9-32-11-13-33-12-10-31-8-3-6-28/h2,4-5,14-16,23,29H,3,6-13,17-18,28H2,1H3. The van der Waals surface area contributed by atoms with Gasteiger partial charge in [-0.15, -0.1) is 0 Å². The van der Waals surface area contributed by atoms with Gasteiger partial charge < -0.3 is 30.2 Å². The van der Waals surface area contributed by atoms with E-state index >= 15 is 0 Å². The van der Waals surface area contributed by atoms with Crippen molar-refractivity contribution in [3.8, 4) is 0 Å². The summed E-state index contributed by atoms with van der Waals surface area (Å²) in [7, 11) is 2.12. The summed E-state index contributed by atoms with van der Waals surface area (Å²) in [5.74, 6) is 0.226. The average molecular weight is 496 g/mol. The van der Waals surface area contributed by atoms with Gasteiger partial charge in [0.1, 0.15) is 0 Å². The normalized spacial score (nSPS) is 16.1. The van der Waals surface area contributed by atoms with E-state index in [-0.39, 0.29) is 5.92 Å². The number of anilines is 1. The molecule has 0 aromatic heterocycles. The molecule has 0 fully saturated rings. The van der Waals surface area contributed by atoms with E-state index in [1.54, 1.807) is 0 Å². The number of hydrogen-bond donors (Lipinski definition) is 2. The second kappa shape index (κ2) is 14.1. The molecular formula is C25H35Cl2N3O3. The first-order chi connectivity index (χ1) is 16.1. The van der Waals surface area contributed by atoms with E-state index in [4.69, 9.17) is 43.1 Å². The molecule has 33 heavy (non-hydrogen) atoms. The summed E-state index contributed by atoms with van der Waals surface area (Å²) in [6, 6.07) is 12.4. The molecule has 0 bridgehead atoms. The number of nitrogens with one attached hydrogen (secondary N) is 1. The highest BCUT2D eigenvalue weighted by atomic mass is 35.5. The van der Waals surface area contributed by atoms with Gasteiger partial charge in [0.2, 0.25) is 0 Å². The SMILES string of the molecule is CN1Cc2c(Cl)cc(Cl)cc2C(c2cccc(NCCOCCOCCOCCCN)c2)C1. The molecule has 0 aliphatic carbocycles. The summed E-state index contributed by atoms with van der Waals surface area (Å²) in [5.41, 5.74) is 10.1. The van der Waals surface area contributed by atoms with Gasteiger partial charge in [0, 0.05) is 47.9 Å². The van der Waals surface area contributed by atoms with Crippen LogP contribution in [0.5, 0.6) is 0 Å². The number of fused-ring (bicyclic) bond motifs is 1. The maximum absolute atomic E-state index is 6.50. The van der Waals surface area contributed by atoms with E-state index in [0.717, 1.165) is 42.3 Å². The van der Waals surface area contributed by atoms with Crippen LogP contribution in [0.4, 0.5) is 5.69 Å². The lowest BCUT2D eigenvalue weighted by atomic mass is 9.84. The minimum Gasteiger partial charge on any atom is -0.383 e. The third kappa shape index (κ3) is 8.41. The van der Waals surface area contributed by atoms with Gasteiger partial charge in [-0.05, 0) is 61.0 Å². The zero-order chi connectivity index (χ0) is 23.5.